The Bertz CT molecular complexity index is 467. The summed E-state index contributed by atoms with van der Waals surface area (Å²) in [5.74, 6) is 0.144. The van der Waals surface area contributed by atoms with Crippen molar-refractivity contribution in [3.63, 3.8) is 0 Å². The summed E-state index contributed by atoms with van der Waals surface area (Å²) in [5, 5.41) is 0. The van der Waals surface area contributed by atoms with Crippen LogP contribution in [0, 0.1) is 0 Å². The van der Waals surface area contributed by atoms with E-state index in [0.29, 0.717) is 13.0 Å². The SMILES string of the molecule is COC(CN)CC(=O)N1CCN(Cc2ccc(Br)s2)CC1.Cl.Cl. The summed E-state index contributed by atoms with van der Waals surface area (Å²) < 4.78 is 6.34. The number of ether oxygens (including phenoxy) is 1. The van der Waals surface area contributed by atoms with Crippen molar-refractivity contribution in [1.82, 2.24) is 9.80 Å². The quantitative estimate of drug-likeness (QED) is 0.725. The fourth-order valence-electron chi connectivity index (χ4n) is 2.40. The molecule has 1 atom stereocenters. The highest BCUT2D eigenvalue weighted by atomic mass is 79.9. The molecule has 1 amide bonds. The highest BCUT2D eigenvalue weighted by Gasteiger charge is 2.23. The highest BCUT2D eigenvalue weighted by molar-refractivity contribution is 9.11. The van der Waals surface area contributed by atoms with Crippen LogP contribution in [-0.2, 0) is 16.1 Å². The van der Waals surface area contributed by atoms with E-state index in [0.717, 1.165) is 32.7 Å². The number of piperazine rings is 1. The molecule has 1 aromatic rings. The van der Waals surface area contributed by atoms with Gasteiger partial charge >= 0.3 is 0 Å². The van der Waals surface area contributed by atoms with Crippen LogP contribution in [0.15, 0.2) is 15.9 Å². The lowest BCUT2D eigenvalue weighted by molar-refractivity contribution is -0.135. The molecular weight excluding hydrogens is 425 g/mol. The van der Waals surface area contributed by atoms with Gasteiger partial charge in [-0.1, -0.05) is 0 Å². The van der Waals surface area contributed by atoms with Gasteiger partial charge in [-0.2, -0.15) is 0 Å². The summed E-state index contributed by atoms with van der Waals surface area (Å²) >= 11 is 5.25. The lowest BCUT2D eigenvalue weighted by Gasteiger charge is -2.35. The Morgan fingerprint density at radius 3 is 2.48 bits per heavy atom. The first kappa shape index (κ1) is 23.1. The number of amides is 1. The van der Waals surface area contributed by atoms with Crippen molar-refractivity contribution in [2.24, 2.45) is 5.73 Å². The number of halogens is 3. The van der Waals surface area contributed by atoms with Gasteiger partial charge in [-0.15, -0.1) is 36.2 Å². The number of carbonyl (C=O) groups is 1. The minimum atomic E-state index is -0.168. The second-order valence-electron chi connectivity index (χ2n) is 5.16. The molecule has 0 aliphatic carbocycles. The largest absolute Gasteiger partial charge is 0.380 e. The van der Waals surface area contributed by atoms with E-state index in [-0.39, 0.29) is 36.8 Å². The molecule has 1 fully saturated rings. The van der Waals surface area contributed by atoms with E-state index in [1.54, 1.807) is 18.4 Å². The van der Waals surface area contributed by atoms with Crippen LogP contribution in [0.5, 0.6) is 0 Å². The van der Waals surface area contributed by atoms with Crippen LogP contribution in [0.4, 0.5) is 0 Å². The maximum absolute atomic E-state index is 12.2. The van der Waals surface area contributed by atoms with Crippen molar-refractivity contribution in [2.75, 3.05) is 39.8 Å². The average molecular weight is 449 g/mol. The van der Waals surface area contributed by atoms with Crippen molar-refractivity contribution < 1.29 is 9.53 Å². The molecule has 1 saturated heterocycles. The highest BCUT2D eigenvalue weighted by Crippen LogP contribution is 2.23. The molecule has 9 heteroatoms. The van der Waals surface area contributed by atoms with Gasteiger partial charge < -0.3 is 15.4 Å². The second kappa shape index (κ2) is 11.6. The standard InChI is InChI=1S/C14H22BrN3O2S.2ClH/c1-20-11(9-16)8-14(19)18-6-4-17(5-7-18)10-12-2-3-13(15)21-12;;/h2-3,11H,4-10,16H2,1H3;2*1H. The predicted molar refractivity (Wildman–Crippen MR) is 103 cm³/mol. The van der Waals surface area contributed by atoms with Crippen LogP contribution >= 0.6 is 52.1 Å². The summed E-state index contributed by atoms with van der Waals surface area (Å²) in [6.07, 6.45) is 0.212. The molecule has 2 rings (SSSR count). The number of thiophene rings is 1. The number of hydrogen-bond acceptors (Lipinski definition) is 5. The minimum absolute atomic E-state index is 0. The van der Waals surface area contributed by atoms with E-state index in [1.165, 1.54) is 8.66 Å². The molecule has 2 heterocycles. The molecule has 1 aromatic heterocycles. The number of rotatable bonds is 6. The van der Waals surface area contributed by atoms with E-state index >= 15 is 0 Å². The van der Waals surface area contributed by atoms with Crippen LogP contribution in [0.2, 0.25) is 0 Å². The average Bonchev–Trinajstić information content (AvgIpc) is 2.90. The van der Waals surface area contributed by atoms with Gasteiger partial charge in [0.15, 0.2) is 0 Å². The van der Waals surface area contributed by atoms with Crippen LogP contribution in [0.1, 0.15) is 11.3 Å². The van der Waals surface area contributed by atoms with Gasteiger partial charge in [0.05, 0.1) is 16.3 Å². The summed E-state index contributed by atoms with van der Waals surface area (Å²) in [6, 6.07) is 4.23. The van der Waals surface area contributed by atoms with Gasteiger partial charge in [0.1, 0.15) is 0 Å². The summed E-state index contributed by atoms with van der Waals surface area (Å²) in [5.41, 5.74) is 5.56. The number of hydrogen-bond donors (Lipinski definition) is 1. The predicted octanol–water partition coefficient (Wildman–Crippen LogP) is 2.36. The molecule has 23 heavy (non-hydrogen) atoms. The topological polar surface area (TPSA) is 58.8 Å². The fraction of sp³-hybridized carbons (Fsp3) is 0.643. The molecule has 0 spiro atoms. The number of methoxy groups -OCH3 is 1. The Morgan fingerprint density at radius 2 is 2.00 bits per heavy atom. The maximum atomic E-state index is 12.2. The first-order valence-electron chi connectivity index (χ1n) is 7.09. The molecule has 0 bridgehead atoms. The zero-order chi connectivity index (χ0) is 15.2. The van der Waals surface area contributed by atoms with Crippen LogP contribution in [-0.4, -0.2) is 61.6 Å². The van der Waals surface area contributed by atoms with Gasteiger partial charge in [0.25, 0.3) is 0 Å². The third-order valence-electron chi connectivity index (χ3n) is 3.73. The molecule has 1 aliphatic rings. The molecule has 134 valence electrons. The summed E-state index contributed by atoms with van der Waals surface area (Å²) in [6.45, 7) is 4.75. The molecule has 0 saturated carbocycles. The molecule has 5 nitrogen and oxygen atoms in total. The smallest absolute Gasteiger partial charge is 0.225 e. The van der Waals surface area contributed by atoms with Gasteiger partial charge in [-0.25, -0.2) is 0 Å². The van der Waals surface area contributed by atoms with E-state index in [9.17, 15) is 4.79 Å². The fourth-order valence-corrected chi connectivity index (χ4v) is 3.92. The Morgan fingerprint density at radius 1 is 1.35 bits per heavy atom. The van der Waals surface area contributed by atoms with Crippen LogP contribution in [0.3, 0.4) is 0 Å². The number of nitrogens with zero attached hydrogens (tertiary/aromatic N) is 2. The Kier molecular flexibility index (Phi) is 11.7. The monoisotopic (exact) mass is 447 g/mol. The van der Waals surface area contributed by atoms with Gasteiger partial charge in [0.2, 0.25) is 5.91 Å². The van der Waals surface area contributed by atoms with E-state index < -0.39 is 0 Å². The van der Waals surface area contributed by atoms with Crippen molar-refractivity contribution in [3.05, 3.63) is 20.8 Å². The lowest BCUT2D eigenvalue weighted by atomic mass is 10.2. The van der Waals surface area contributed by atoms with Gasteiger partial charge in [-0.05, 0) is 28.1 Å². The van der Waals surface area contributed by atoms with Crippen molar-refractivity contribution in [2.45, 2.75) is 19.1 Å². The minimum Gasteiger partial charge on any atom is -0.380 e. The first-order chi connectivity index (χ1) is 10.1. The van der Waals surface area contributed by atoms with Crippen molar-refractivity contribution >= 4 is 58.0 Å². The molecule has 1 aliphatic heterocycles. The zero-order valence-electron chi connectivity index (χ0n) is 13.1. The van der Waals surface area contributed by atoms with Crippen LogP contribution in [0.25, 0.3) is 0 Å². The third-order valence-corrected chi connectivity index (χ3v) is 5.34. The van der Waals surface area contributed by atoms with Crippen molar-refractivity contribution in [3.8, 4) is 0 Å². The molecule has 1 unspecified atom stereocenters. The first-order valence-corrected chi connectivity index (χ1v) is 8.70. The van der Waals surface area contributed by atoms with E-state index in [1.807, 2.05) is 4.90 Å². The Balaban J connectivity index is 0.00000242. The van der Waals surface area contributed by atoms with Gasteiger partial charge in [0, 0.05) is 51.3 Å². The number of carbonyl (C=O) groups excluding carboxylic acids is 1. The molecule has 2 N–H and O–H groups in total. The van der Waals surface area contributed by atoms with Gasteiger partial charge in [-0.3, -0.25) is 9.69 Å². The third kappa shape index (κ3) is 7.25. The van der Waals surface area contributed by atoms with E-state index in [2.05, 4.69) is 33.0 Å². The van der Waals surface area contributed by atoms with Crippen molar-refractivity contribution in [1.29, 1.82) is 0 Å². The van der Waals surface area contributed by atoms with Crippen LogP contribution < -0.4 is 5.73 Å². The summed E-state index contributed by atoms with van der Waals surface area (Å²) in [7, 11) is 1.60. The second-order valence-corrected chi connectivity index (χ2v) is 7.71. The zero-order valence-corrected chi connectivity index (χ0v) is 17.1. The molecular formula is C14H24BrCl2N3O2S. The lowest BCUT2D eigenvalue weighted by Crippen LogP contribution is -2.49. The Labute approximate surface area is 162 Å². The maximum Gasteiger partial charge on any atom is 0.225 e. The van der Waals surface area contributed by atoms with E-state index in [4.69, 9.17) is 10.5 Å². The molecule has 0 radical (unpaired) electrons. The normalized spacial score (nSPS) is 16.4. The Hall–Kier alpha value is 0.110. The summed E-state index contributed by atoms with van der Waals surface area (Å²) in [4.78, 5) is 17.8. The number of nitrogens with two attached hydrogens (primary N) is 1. The molecule has 0 aromatic carbocycles.